The van der Waals surface area contributed by atoms with Gasteiger partial charge in [0.15, 0.2) is 0 Å². The molecule has 1 aromatic carbocycles. The third-order valence-electron chi connectivity index (χ3n) is 4.22. The Kier molecular flexibility index (Phi) is 11.3. The highest BCUT2D eigenvalue weighted by Gasteiger charge is 2.04. The summed E-state index contributed by atoms with van der Waals surface area (Å²) < 4.78 is 5.92. The van der Waals surface area contributed by atoms with Gasteiger partial charge in [0.1, 0.15) is 11.5 Å². The molecule has 0 bridgehead atoms. The van der Waals surface area contributed by atoms with Crippen molar-refractivity contribution in [1.82, 2.24) is 0 Å². The Balaban J connectivity index is 2.10. The number of unbranched alkanes of at least 4 members (excludes halogenated alkanes) is 8. The number of carbonyl (C=O) groups is 1. The first-order valence-corrected chi connectivity index (χ1v) is 9.44. The Labute approximate surface area is 142 Å². The standard InChI is InChI=1S/C21H34O2/c1-3-4-5-6-7-8-9-10-13-18-23-21-15-12-11-14-20(21)17-16-19(2)22/h11-12,14-15H,3-10,13,16-18H2,1-2H3. The molecule has 0 aliphatic carbocycles. The molecular formula is C21H34O2. The summed E-state index contributed by atoms with van der Waals surface area (Å²) in [5, 5.41) is 0. The minimum absolute atomic E-state index is 0.235. The van der Waals surface area contributed by atoms with Crippen molar-refractivity contribution in [3.05, 3.63) is 29.8 Å². The smallest absolute Gasteiger partial charge is 0.130 e. The number of hydrogen-bond acceptors (Lipinski definition) is 2. The van der Waals surface area contributed by atoms with E-state index in [-0.39, 0.29) is 5.78 Å². The van der Waals surface area contributed by atoms with Crippen molar-refractivity contribution in [3.63, 3.8) is 0 Å². The number of ketones is 1. The Morgan fingerprint density at radius 2 is 1.52 bits per heavy atom. The topological polar surface area (TPSA) is 26.3 Å². The van der Waals surface area contributed by atoms with Gasteiger partial charge in [-0.15, -0.1) is 0 Å². The lowest BCUT2D eigenvalue weighted by Gasteiger charge is -2.11. The van der Waals surface area contributed by atoms with E-state index >= 15 is 0 Å². The maximum Gasteiger partial charge on any atom is 0.130 e. The molecule has 0 fully saturated rings. The zero-order valence-electron chi connectivity index (χ0n) is 15.1. The fourth-order valence-corrected chi connectivity index (χ4v) is 2.76. The molecule has 2 nitrogen and oxygen atoms in total. The first kappa shape index (κ1) is 19.7. The highest BCUT2D eigenvalue weighted by Crippen LogP contribution is 2.20. The molecule has 0 saturated carbocycles. The van der Waals surface area contributed by atoms with E-state index in [1.54, 1.807) is 6.92 Å². The zero-order chi connectivity index (χ0) is 16.8. The Hall–Kier alpha value is -1.31. The molecule has 0 heterocycles. The summed E-state index contributed by atoms with van der Waals surface area (Å²) in [6, 6.07) is 8.10. The van der Waals surface area contributed by atoms with Crippen LogP contribution in [0.3, 0.4) is 0 Å². The molecule has 0 spiro atoms. The van der Waals surface area contributed by atoms with Crippen LogP contribution >= 0.6 is 0 Å². The van der Waals surface area contributed by atoms with Gasteiger partial charge in [0.2, 0.25) is 0 Å². The molecule has 0 aliphatic heterocycles. The van der Waals surface area contributed by atoms with Crippen LogP contribution < -0.4 is 4.74 Å². The Bertz CT molecular complexity index is 426. The first-order chi connectivity index (χ1) is 11.2. The van der Waals surface area contributed by atoms with E-state index in [1.807, 2.05) is 18.2 Å². The van der Waals surface area contributed by atoms with Crippen LogP contribution in [0.1, 0.15) is 83.6 Å². The van der Waals surface area contributed by atoms with Gasteiger partial charge in [-0.05, 0) is 31.4 Å². The van der Waals surface area contributed by atoms with Crippen molar-refractivity contribution < 1.29 is 9.53 Å². The van der Waals surface area contributed by atoms with Crippen LogP contribution in [0.25, 0.3) is 0 Å². The second-order valence-corrected chi connectivity index (χ2v) is 6.49. The van der Waals surface area contributed by atoms with E-state index in [4.69, 9.17) is 4.74 Å². The van der Waals surface area contributed by atoms with Gasteiger partial charge in [-0.25, -0.2) is 0 Å². The lowest BCUT2D eigenvalue weighted by atomic mass is 10.1. The average Bonchev–Trinajstić information content (AvgIpc) is 2.55. The Morgan fingerprint density at radius 3 is 2.17 bits per heavy atom. The molecule has 0 saturated heterocycles. The number of aryl methyl sites for hydroxylation is 1. The SMILES string of the molecule is CCCCCCCCCCCOc1ccccc1CCC(C)=O. The average molecular weight is 319 g/mol. The quantitative estimate of drug-likeness (QED) is 0.386. The van der Waals surface area contributed by atoms with E-state index in [1.165, 1.54) is 51.4 Å². The van der Waals surface area contributed by atoms with E-state index in [2.05, 4.69) is 13.0 Å². The third-order valence-corrected chi connectivity index (χ3v) is 4.22. The van der Waals surface area contributed by atoms with Crippen LogP contribution in [0.5, 0.6) is 5.75 Å². The van der Waals surface area contributed by atoms with Crippen molar-refractivity contribution in [2.24, 2.45) is 0 Å². The number of ether oxygens (including phenoxy) is 1. The summed E-state index contributed by atoms with van der Waals surface area (Å²) >= 11 is 0. The third kappa shape index (κ3) is 10.1. The van der Waals surface area contributed by atoms with Crippen molar-refractivity contribution in [2.45, 2.75) is 84.5 Å². The Morgan fingerprint density at radius 1 is 0.913 bits per heavy atom. The van der Waals surface area contributed by atoms with Crippen LogP contribution in [0, 0.1) is 0 Å². The molecule has 0 aromatic heterocycles. The molecular weight excluding hydrogens is 284 g/mol. The largest absolute Gasteiger partial charge is 0.493 e. The minimum Gasteiger partial charge on any atom is -0.493 e. The second-order valence-electron chi connectivity index (χ2n) is 6.49. The van der Waals surface area contributed by atoms with E-state index < -0.39 is 0 Å². The molecule has 0 unspecified atom stereocenters. The van der Waals surface area contributed by atoms with Crippen LogP contribution in [-0.2, 0) is 11.2 Å². The van der Waals surface area contributed by atoms with Crippen LogP contribution in [0.15, 0.2) is 24.3 Å². The minimum atomic E-state index is 0.235. The fourth-order valence-electron chi connectivity index (χ4n) is 2.76. The van der Waals surface area contributed by atoms with E-state index in [0.717, 1.165) is 30.8 Å². The highest BCUT2D eigenvalue weighted by atomic mass is 16.5. The fraction of sp³-hybridized carbons (Fsp3) is 0.667. The maximum atomic E-state index is 11.1. The van der Waals surface area contributed by atoms with E-state index in [0.29, 0.717) is 6.42 Å². The maximum absolute atomic E-state index is 11.1. The number of rotatable bonds is 14. The summed E-state index contributed by atoms with van der Waals surface area (Å²) in [5.41, 5.74) is 1.15. The number of hydrogen-bond donors (Lipinski definition) is 0. The van der Waals surface area contributed by atoms with Crippen LogP contribution in [0.4, 0.5) is 0 Å². The molecule has 130 valence electrons. The number of benzene rings is 1. The molecule has 0 radical (unpaired) electrons. The van der Waals surface area contributed by atoms with Gasteiger partial charge >= 0.3 is 0 Å². The molecule has 0 N–H and O–H groups in total. The summed E-state index contributed by atoms with van der Waals surface area (Å²) in [6.07, 6.45) is 13.3. The first-order valence-electron chi connectivity index (χ1n) is 9.44. The summed E-state index contributed by atoms with van der Waals surface area (Å²) in [6.45, 7) is 4.69. The van der Waals surface area contributed by atoms with Crippen LogP contribution in [0.2, 0.25) is 0 Å². The summed E-state index contributed by atoms with van der Waals surface area (Å²) in [7, 11) is 0. The normalized spacial score (nSPS) is 10.7. The molecule has 1 aromatic rings. The van der Waals surface area contributed by atoms with Gasteiger partial charge in [-0.2, -0.15) is 0 Å². The van der Waals surface area contributed by atoms with Crippen molar-refractivity contribution in [1.29, 1.82) is 0 Å². The summed E-state index contributed by atoms with van der Waals surface area (Å²) in [4.78, 5) is 11.1. The van der Waals surface area contributed by atoms with Gasteiger partial charge < -0.3 is 9.53 Å². The van der Waals surface area contributed by atoms with Gasteiger partial charge in [0.25, 0.3) is 0 Å². The summed E-state index contributed by atoms with van der Waals surface area (Å²) in [5.74, 6) is 1.19. The lowest BCUT2D eigenvalue weighted by molar-refractivity contribution is -0.116. The predicted molar refractivity (Wildman–Crippen MR) is 98.2 cm³/mol. The lowest BCUT2D eigenvalue weighted by Crippen LogP contribution is -2.02. The van der Waals surface area contributed by atoms with Gasteiger partial charge in [0, 0.05) is 6.42 Å². The molecule has 0 aliphatic rings. The predicted octanol–water partition coefficient (Wildman–Crippen LogP) is 6.12. The van der Waals surface area contributed by atoms with Gasteiger partial charge in [-0.3, -0.25) is 0 Å². The zero-order valence-corrected chi connectivity index (χ0v) is 15.1. The van der Waals surface area contributed by atoms with Crippen molar-refractivity contribution in [3.8, 4) is 5.75 Å². The van der Waals surface area contributed by atoms with Gasteiger partial charge in [-0.1, -0.05) is 76.5 Å². The van der Waals surface area contributed by atoms with Crippen molar-refractivity contribution >= 4 is 5.78 Å². The number of Topliss-reactive ketones (excluding diaryl/α,β-unsaturated/α-hetero) is 1. The van der Waals surface area contributed by atoms with Crippen LogP contribution in [-0.4, -0.2) is 12.4 Å². The van der Waals surface area contributed by atoms with E-state index in [9.17, 15) is 4.79 Å². The molecule has 2 heteroatoms. The molecule has 23 heavy (non-hydrogen) atoms. The number of para-hydroxylation sites is 1. The molecule has 0 amide bonds. The van der Waals surface area contributed by atoms with Crippen molar-refractivity contribution in [2.75, 3.05) is 6.61 Å². The highest BCUT2D eigenvalue weighted by molar-refractivity contribution is 5.75. The van der Waals surface area contributed by atoms with Gasteiger partial charge in [0.05, 0.1) is 6.61 Å². The monoisotopic (exact) mass is 318 g/mol. The molecule has 0 atom stereocenters. The number of carbonyl (C=O) groups excluding carboxylic acids is 1. The molecule has 1 rings (SSSR count). The second kappa shape index (κ2) is 13.2.